The van der Waals surface area contributed by atoms with Crippen LogP contribution in [-0.2, 0) is 14.3 Å². The Morgan fingerprint density at radius 3 is 2.43 bits per heavy atom. The molecular weight excluding hydrogens is 358 g/mol. The van der Waals surface area contributed by atoms with Gasteiger partial charge in [0.2, 0.25) is 0 Å². The van der Waals surface area contributed by atoms with Crippen molar-refractivity contribution in [2.45, 2.75) is 13.0 Å². The van der Waals surface area contributed by atoms with Crippen LogP contribution < -0.4 is 4.74 Å². The molecule has 0 aromatic heterocycles. The van der Waals surface area contributed by atoms with Crippen LogP contribution in [0.3, 0.4) is 0 Å². The van der Waals surface area contributed by atoms with Crippen LogP contribution >= 0.6 is 0 Å². The zero-order valence-corrected chi connectivity index (χ0v) is 16.1. The number of hydrogen-bond acceptors (Lipinski definition) is 5. The van der Waals surface area contributed by atoms with Crippen LogP contribution in [-0.4, -0.2) is 49.1 Å². The molecule has 146 valence electrons. The molecule has 1 heterocycles. The summed E-state index contributed by atoms with van der Waals surface area (Å²) in [6, 6.07) is 13.6. The third-order valence-corrected chi connectivity index (χ3v) is 4.80. The Morgan fingerprint density at radius 2 is 1.82 bits per heavy atom. The van der Waals surface area contributed by atoms with E-state index in [1.54, 1.807) is 31.4 Å². The number of ketones is 1. The molecule has 0 radical (unpaired) electrons. The second kappa shape index (κ2) is 8.27. The minimum absolute atomic E-state index is 0.0804. The summed E-state index contributed by atoms with van der Waals surface area (Å²) in [5, 5.41) is 10.9. The van der Waals surface area contributed by atoms with E-state index in [1.807, 2.05) is 31.2 Å². The lowest BCUT2D eigenvalue weighted by Gasteiger charge is -2.25. The maximum Gasteiger partial charge on any atom is 0.295 e. The molecule has 1 amide bonds. The third kappa shape index (κ3) is 3.64. The molecule has 1 N–H and O–H groups in total. The number of benzene rings is 2. The fourth-order valence-electron chi connectivity index (χ4n) is 3.39. The van der Waals surface area contributed by atoms with Crippen molar-refractivity contribution in [2.24, 2.45) is 0 Å². The first-order valence-corrected chi connectivity index (χ1v) is 8.96. The van der Waals surface area contributed by atoms with Crippen LogP contribution in [0.5, 0.6) is 5.75 Å². The average Bonchev–Trinajstić information content (AvgIpc) is 2.96. The van der Waals surface area contributed by atoms with Gasteiger partial charge in [0.05, 0.1) is 25.3 Å². The highest BCUT2D eigenvalue weighted by molar-refractivity contribution is 6.46. The molecule has 0 spiro atoms. The van der Waals surface area contributed by atoms with E-state index in [1.165, 1.54) is 12.0 Å². The molecule has 0 saturated carbocycles. The normalized spacial score (nSPS) is 18.5. The predicted octanol–water partition coefficient (Wildman–Crippen LogP) is 3.07. The molecule has 1 saturated heterocycles. The number of ether oxygens (including phenoxy) is 2. The average molecular weight is 381 g/mol. The lowest BCUT2D eigenvalue weighted by atomic mass is 9.94. The van der Waals surface area contributed by atoms with Gasteiger partial charge in [0, 0.05) is 19.2 Å². The summed E-state index contributed by atoms with van der Waals surface area (Å²) in [6.07, 6.45) is 0. The first-order chi connectivity index (χ1) is 13.5. The Balaban J connectivity index is 2.14. The van der Waals surface area contributed by atoms with Crippen molar-refractivity contribution in [1.29, 1.82) is 0 Å². The predicted molar refractivity (Wildman–Crippen MR) is 105 cm³/mol. The van der Waals surface area contributed by atoms with Crippen LogP contribution in [0, 0.1) is 6.92 Å². The maximum atomic E-state index is 12.8. The molecule has 28 heavy (non-hydrogen) atoms. The highest BCUT2D eigenvalue weighted by Gasteiger charge is 2.45. The number of rotatable bonds is 6. The highest BCUT2D eigenvalue weighted by Crippen LogP contribution is 2.39. The van der Waals surface area contributed by atoms with Crippen molar-refractivity contribution in [3.8, 4) is 5.75 Å². The second-order valence-electron chi connectivity index (χ2n) is 6.63. The zero-order valence-electron chi connectivity index (χ0n) is 16.1. The summed E-state index contributed by atoms with van der Waals surface area (Å²) in [6.45, 7) is 2.48. The zero-order chi connectivity index (χ0) is 20.3. The van der Waals surface area contributed by atoms with Gasteiger partial charge in [0.1, 0.15) is 11.5 Å². The van der Waals surface area contributed by atoms with Gasteiger partial charge < -0.3 is 19.5 Å². The van der Waals surface area contributed by atoms with Gasteiger partial charge in [0.15, 0.2) is 0 Å². The Labute approximate surface area is 164 Å². The number of carbonyl (C=O) groups is 2. The molecule has 1 aliphatic heterocycles. The first-order valence-electron chi connectivity index (χ1n) is 8.96. The van der Waals surface area contributed by atoms with E-state index in [4.69, 9.17) is 9.47 Å². The highest BCUT2D eigenvalue weighted by atomic mass is 16.5. The molecule has 1 atom stereocenters. The standard InChI is InChI=1S/C22H23NO5/c1-14-5-4-6-16(13-14)19-18(21(25)22(26)23(19)11-12-27-2)20(24)15-7-9-17(28-3)10-8-15/h4-10,13,19,24H,11-12H2,1-3H3/b20-18-. The summed E-state index contributed by atoms with van der Waals surface area (Å²) in [5.74, 6) is -0.908. The molecule has 0 aliphatic carbocycles. The van der Waals surface area contributed by atoms with Crippen molar-refractivity contribution < 1.29 is 24.2 Å². The van der Waals surface area contributed by atoms with Gasteiger partial charge in [-0.05, 0) is 36.8 Å². The van der Waals surface area contributed by atoms with Crippen molar-refractivity contribution in [2.75, 3.05) is 27.4 Å². The van der Waals surface area contributed by atoms with Gasteiger partial charge in [-0.2, -0.15) is 0 Å². The molecular formula is C22H23NO5. The number of amides is 1. The van der Waals surface area contributed by atoms with Gasteiger partial charge in [-0.3, -0.25) is 9.59 Å². The smallest absolute Gasteiger partial charge is 0.295 e. The monoisotopic (exact) mass is 381 g/mol. The van der Waals surface area contributed by atoms with Gasteiger partial charge in [-0.15, -0.1) is 0 Å². The topological polar surface area (TPSA) is 76.1 Å². The Kier molecular flexibility index (Phi) is 5.80. The molecule has 3 rings (SSSR count). The van der Waals surface area contributed by atoms with Crippen molar-refractivity contribution in [1.82, 2.24) is 4.90 Å². The van der Waals surface area contributed by atoms with E-state index < -0.39 is 17.7 Å². The summed E-state index contributed by atoms with van der Waals surface area (Å²) in [5.41, 5.74) is 2.30. The number of carbonyl (C=O) groups excluding carboxylic acids is 2. The Bertz CT molecular complexity index is 917. The summed E-state index contributed by atoms with van der Waals surface area (Å²) in [7, 11) is 3.09. The molecule has 2 aromatic rings. The number of nitrogens with zero attached hydrogens (tertiary/aromatic N) is 1. The van der Waals surface area contributed by atoms with Crippen LogP contribution in [0.15, 0.2) is 54.1 Å². The number of aryl methyl sites for hydroxylation is 1. The molecule has 1 fully saturated rings. The third-order valence-electron chi connectivity index (χ3n) is 4.80. The second-order valence-corrected chi connectivity index (χ2v) is 6.63. The number of aliphatic hydroxyl groups excluding tert-OH is 1. The molecule has 6 nitrogen and oxygen atoms in total. The van der Waals surface area contributed by atoms with Crippen LogP contribution in [0.2, 0.25) is 0 Å². The minimum Gasteiger partial charge on any atom is -0.507 e. The molecule has 6 heteroatoms. The minimum atomic E-state index is -0.698. The van der Waals surface area contributed by atoms with E-state index in [-0.39, 0.29) is 24.5 Å². The summed E-state index contributed by atoms with van der Waals surface area (Å²) in [4.78, 5) is 26.9. The molecule has 0 bridgehead atoms. The summed E-state index contributed by atoms with van der Waals surface area (Å²) >= 11 is 0. The van der Waals surface area contributed by atoms with Gasteiger partial charge in [0.25, 0.3) is 11.7 Å². The number of methoxy groups -OCH3 is 2. The summed E-state index contributed by atoms with van der Waals surface area (Å²) < 4.78 is 10.2. The molecule has 1 unspecified atom stereocenters. The fraction of sp³-hybridized carbons (Fsp3) is 0.273. The van der Waals surface area contributed by atoms with Crippen LogP contribution in [0.25, 0.3) is 5.76 Å². The number of hydrogen-bond donors (Lipinski definition) is 1. The largest absolute Gasteiger partial charge is 0.507 e. The number of likely N-dealkylation sites (tertiary alicyclic amines) is 1. The van der Waals surface area contributed by atoms with Crippen molar-refractivity contribution in [3.63, 3.8) is 0 Å². The van der Waals surface area contributed by atoms with Crippen molar-refractivity contribution >= 4 is 17.4 Å². The maximum absolute atomic E-state index is 12.8. The van der Waals surface area contributed by atoms with Gasteiger partial charge in [-0.25, -0.2) is 0 Å². The van der Waals surface area contributed by atoms with E-state index in [9.17, 15) is 14.7 Å². The Morgan fingerprint density at radius 1 is 1.11 bits per heavy atom. The first kappa shape index (κ1) is 19.6. The lowest BCUT2D eigenvalue weighted by molar-refractivity contribution is -0.140. The fourth-order valence-corrected chi connectivity index (χ4v) is 3.39. The van der Waals surface area contributed by atoms with E-state index in [2.05, 4.69) is 0 Å². The molecule has 1 aliphatic rings. The molecule has 2 aromatic carbocycles. The van der Waals surface area contributed by atoms with Gasteiger partial charge in [-0.1, -0.05) is 29.8 Å². The van der Waals surface area contributed by atoms with Crippen molar-refractivity contribution in [3.05, 3.63) is 70.8 Å². The quantitative estimate of drug-likeness (QED) is 0.473. The van der Waals surface area contributed by atoms with E-state index >= 15 is 0 Å². The number of Topliss-reactive ketones (excluding diaryl/α,β-unsaturated/α-hetero) is 1. The Hall–Kier alpha value is -3.12. The van der Waals surface area contributed by atoms with E-state index in [0.29, 0.717) is 11.3 Å². The van der Waals surface area contributed by atoms with E-state index in [0.717, 1.165) is 11.1 Å². The lowest BCUT2D eigenvalue weighted by Crippen LogP contribution is -2.32. The van der Waals surface area contributed by atoms with Crippen LogP contribution in [0.4, 0.5) is 0 Å². The SMILES string of the molecule is COCCN1C(=O)C(=O)/C(=C(\O)c2ccc(OC)cc2)C1c1cccc(C)c1. The van der Waals surface area contributed by atoms with Crippen LogP contribution in [0.1, 0.15) is 22.7 Å². The van der Waals surface area contributed by atoms with Gasteiger partial charge >= 0.3 is 0 Å². The number of aliphatic hydroxyl groups is 1.